The van der Waals surface area contributed by atoms with Gasteiger partial charge in [0.1, 0.15) is 5.75 Å². The van der Waals surface area contributed by atoms with Gasteiger partial charge >= 0.3 is 0 Å². The monoisotopic (exact) mass is 384 g/mol. The van der Waals surface area contributed by atoms with Crippen LogP contribution in [-0.4, -0.2) is 42.7 Å². The second-order valence-electron chi connectivity index (χ2n) is 7.40. The van der Waals surface area contributed by atoms with Gasteiger partial charge in [-0.2, -0.15) is 0 Å². The molecule has 0 bridgehead atoms. The first-order valence-corrected chi connectivity index (χ1v) is 9.80. The van der Waals surface area contributed by atoms with E-state index in [4.69, 9.17) is 9.84 Å². The van der Waals surface area contributed by atoms with E-state index in [0.29, 0.717) is 38.6 Å². The van der Waals surface area contributed by atoms with Crippen molar-refractivity contribution in [3.8, 4) is 5.75 Å². The molecule has 150 valence electrons. The molecule has 1 aliphatic heterocycles. The summed E-state index contributed by atoms with van der Waals surface area (Å²) in [5.41, 5.74) is 0.724. The van der Waals surface area contributed by atoms with Crippen molar-refractivity contribution in [2.75, 3.05) is 20.3 Å². The number of ether oxygens (including phenoxy) is 1. The molecule has 3 rings (SSSR count). The zero-order valence-corrected chi connectivity index (χ0v) is 16.3. The zero-order valence-electron chi connectivity index (χ0n) is 16.3. The third kappa shape index (κ3) is 4.62. The number of nitrogens with one attached hydrogen (secondary N) is 2. The Hall–Kier alpha value is -2.60. The largest absolute Gasteiger partial charge is 0.496 e. The van der Waals surface area contributed by atoms with Gasteiger partial charge in [0.2, 0.25) is 11.8 Å². The van der Waals surface area contributed by atoms with Gasteiger partial charge in [-0.25, -0.2) is 0 Å². The van der Waals surface area contributed by atoms with Gasteiger partial charge in [-0.1, -0.05) is 30.3 Å². The lowest BCUT2D eigenvalue weighted by Crippen LogP contribution is -2.44. The number of benzene rings is 2. The highest BCUT2D eigenvalue weighted by molar-refractivity contribution is 5.91. The fraction of sp³-hybridized carbons (Fsp3) is 0.455. The van der Waals surface area contributed by atoms with Crippen LogP contribution in [0.1, 0.15) is 37.7 Å². The smallest absolute Gasteiger partial charge is 0.220 e. The Labute approximate surface area is 165 Å². The molecule has 1 aliphatic rings. The van der Waals surface area contributed by atoms with Crippen LogP contribution in [0, 0.1) is 0 Å². The molecule has 0 aliphatic carbocycles. The minimum Gasteiger partial charge on any atom is -0.496 e. The average Bonchev–Trinajstić information content (AvgIpc) is 3.08. The zero-order chi connectivity index (χ0) is 20.0. The van der Waals surface area contributed by atoms with Crippen LogP contribution in [0.3, 0.4) is 0 Å². The number of hydrogen-bond donors (Lipinski definition) is 3. The van der Waals surface area contributed by atoms with E-state index in [2.05, 4.69) is 22.8 Å². The molecule has 1 atom stereocenters. The van der Waals surface area contributed by atoms with Crippen molar-refractivity contribution >= 4 is 22.6 Å². The van der Waals surface area contributed by atoms with Gasteiger partial charge in [0, 0.05) is 36.9 Å². The van der Waals surface area contributed by atoms with Crippen molar-refractivity contribution in [2.45, 2.75) is 44.1 Å². The SMILES string of the molecule is COc1ccc(CC2(CCC(=O)NCCCO)CCC(=O)N2)c2ccccc12. The summed E-state index contributed by atoms with van der Waals surface area (Å²) in [5, 5.41) is 16.9. The number of fused-ring (bicyclic) bond motifs is 1. The molecule has 2 amide bonds. The molecular formula is C22H28N2O4. The van der Waals surface area contributed by atoms with Crippen molar-refractivity contribution in [3.63, 3.8) is 0 Å². The predicted molar refractivity (Wildman–Crippen MR) is 108 cm³/mol. The standard InChI is InChI=1S/C22H28N2O4/c1-28-19-8-7-16(17-5-2-3-6-18(17)19)15-22(12-10-21(27)24-22)11-9-20(26)23-13-4-14-25/h2-3,5-8,25H,4,9-15H2,1H3,(H,23,26)(H,24,27). The summed E-state index contributed by atoms with van der Waals surface area (Å²) in [7, 11) is 1.66. The fourth-order valence-corrected chi connectivity index (χ4v) is 3.96. The number of methoxy groups -OCH3 is 1. The fourth-order valence-electron chi connectivity index (χ4n) is 3.96. The lowest BCUT2D eigenvalue weighted by atomic mass is 9.83. The van der Waals surface area contributed by atoms with E-state index in [1.165, 1.54) is 0 Å². The van der Waals surface area contributed by atoms with Crippen LogP contribution in [0.25, 0.3) is 10.8 Å². The molecule has 1 unspecified atom stereocenters. The number of rotatable bonds is 9. The number of aliphatic hydroxyl groups is 1. The van der Waals surface area contributed by atoms with Crippen LogP contribution < -0.4 is 15.4 Å². The number of carbonyl (C=O) groups excluding carboxylic acids is 2. The third-order valence-electron chi connectivity index (χ3n) is 5.45. The van der Waals surface area contributed by atoms with E-state index in [1.807, 2.05) is 24.3 Å². The molecule has 0 spiro atoms. The van der Waals surface area contributed by atoms with Gasteiger partial charge in [0.15, 0.2) is 0 Å². The van der Waals surface area contributed by atoms with E-state index in [1.54, 1.807) is 7.11 Å². The van der Waals surface area contributed by atoms with Gasteiger partial charge in [-0.3, -0.25) is 9.59 Å². The Balaban J connectivity index is 1.79. The normalized spacial score (nSPS) is 18.9. The second kappa shape index (κ2) is 9.06. The molecule has 2 aromatic carbocycles. The summed E-state index contributed by atoms with van der Waals surface area (Å²) >= 11 is 0. The number of hydrogen-bond acceptors (Lipinski definition) is 4. The lowest BCUT2D eigenvalue weighted by Gasteiger charge is -2.30. The van der Waals surface area contributed by atoms with Gasteiger partial charge in [-0.05, 0) is 42.7 Å². The quantitative estimate of drug-likeness (QED) is 0.579. The summed E-state index contributed by atoms with van der Waals surface area (Å²) in [6, 6.07) is 12.1. The van der Waals surface area contributed by atoms with Crippen molar-refractivity contribution in [2.24, 2.45) is 0 Å². The van der Waals surface area contributed by atoms with E-state index in [9.17, 15) is 9.59 Å². The first-order valence-electron chi connectivity index (χ1n) is 9.80. The first-order chi connectivity index (χ1) is 13.6. The van der Waals surface area contributed by atoms with Crippen LogP contribution >= 0.6 is 0 Å². The second-order valence-corrected chi connectivity index (χ2v) is 7.40. The molecular weight excluding hydrogens is 356 g/mol. The molecule has 6 heteroatoms. The van der Waals surface area contributed by atoms with Crippen LogP contribution in [0.4, 0.5) is 0 Å². The van der Waals surface area contributed by atoms with Crippen LogP contribution in [0.5, 0.6) is 5.75 Å². The van der Waals surface area contributed by atoms with Crippen molar-refractivity contribution < 1.29 is 19.4 Å². The van der Waals surface area contributed by atoms with Gasteiger partial charge in [0.05, 0.1) is 7.11 Å². The third-order valence-corrected chi connectivity index (χ3v) is 5.45. The maximum Gasteiger partial charge on any atom is 0.220 e. The molecule has 1 saturated heterocycles. The maximum absolute atomic E-state index is 12.1. The molecule has 28 heavy (non-hydrogen) atoms. The maximum atomic E-state index is 12.1. The van der Waals surface area contributed by atoms with E-state index in [0.717, 1.165) is 28.5 Å². The average molecular weight is 384 g/mol. The lowest BCUT2D eigenvalue weighted by molar-refractivity contribution is -0.122. The Bertz CT molecular complexity index is 852. The molecule has 0 aromatic heterocycles. The van der Waals surface area contributed by atoms with Crippen molar-refractivity contribution in [1.29, 1.82) is 0 Å². The molecule has 6 nitrogen and oxygen atoms in total. The highest BCUT2D eigenvalue weighted by Crippen LogP contribution is 2.34. The highest BCUT2D eigenvalue weighted by Gasteiger charge is 2.38. The van der Waals surface area contributed by atoms with Crippen molar-refractivity contribution in [1.82, 2.24) is 10.6 Å². The summed E-state index contributed by atoms with van der Waals surface area (Å²) in [6.07, 6.45) is 3.36. The number of carbonyl (C=O) groups is 2. The van der Waals surface area contributed by atoms with Crippen LogP contribution in [0.15, 0.2) is 36.4 Å². The topological polar surface area (TPSA) is 87.7 Å². The van der Waals surface area contributed by atoms with Crippen LogP contribution in [-0.2, 0) is 16.0 Å². The Kier molecular flexibility index (Phi) is 6.52. The Morgan fingerprint density at radius 3 is 2.71 bits per heavy atom. The molecule has 0 saturated carbocycles. The van der Waals surface area contributed by atoms with Gasteiger partial charge in [0.25, 0.3) is 0 Å². The highest BCUT2D eigenvalue weighted by atomic mass is 16.5. The molecule has 3 N–H and O–H groups in total. The van der Waals surface area contributed by atoms with E-state index in [-0.39, 0.29) is 18.4 Å². The molecule has 2 aromatic rings. The summed E-state index contributed by atoms with van der Waals surface area (Å²) in [6.45, 7) is 0.530. The van der Waals surface area contributed by atoms with Crippen LogP contribution in [0.2, 0.25) is 0 Å². The predicted octanol–water partition coefficient (Wildman–Crippen LogP) is 2.32. The van der Waals surface area contributed by atoms with Gasteiger partial charge in [-0.15, -0.1) is 0 Å². The van der Waals surface area contributed by atoms with Crippen molar-refractivity contribution in [3.05, 3.63) is 42.0 Å². The Morgan fingerprint density at radius 2 is 2.04 bits per heavy atom. The molecule has 1 fully saturated rings. The number of aliphatic hydroxyl groups excluding tert-OH is 1. The summed E-state index contributed by atoms with van der Waals surface area (Å²) < 4.78 is 5.48. The summed E-state index contributed by atoms with van der Waals surface area (Å²) in [4.78, 5) is 24.1. The van der Waals surface area contributed by atoms with E-state index >= 15 is 0 Å². The molecule has 0 radical (unpaired) electrons. The minimum atomic E-state index is -0.414. The minimum absolute atomic E-state index is 0.0403. The number of amides is 2. The summed E-state index contributed by atoms with van der Waals surface area (Å²) in [5.74, 6) is 0.819. The molecule has 1 heterocycles. The van der Waals surface area contributed by atoms with Gasteiger partial charge < -0.3 is 20.5 Å². The Morgan fingerprint density at radius 1 is 1.25 bits per heavy atom. The first kappa shape index (κ1) is 20.1. The van der Waals surface area contributed by atoms with E-state index < -0.39 is 5.54 Å².